The van der Waals surface area contributed by atoms with Gasteiger partial charge in [0.15, 0.2) is 0 Å². The Bertz CT molecular complexity index is 565. The molecule has 2 amide bonds. The molecule has 2 saturated heterocycles. The van der Waals surface area contributed by atoms with Crippen molar-refractivity contribution in [2.45, 2.75) is 51.7 Å². The Morgan fingerprint density at radius 1 is 1.23 bits per heavy atom. The fraction of sp³-hybridized carbons (Fsp3) is 0.789. The molecule has 7 heteroatoms. The van der Waals surface area contributed by atoms with Crippen molar-refractivity contribution in [1.29, 1.82) is 0 Å². The first-order valence-corrected chi connectivity index (χ1v) is 9.99. The standard InChI is InChI=1S/C19H34N6O/c1-4-22-11-13-23(14-12-22)19(2,3)16-20-18(26)25-10-5-7-17(25)15-24-9-6-8-21-24/h6,8-9,17H,4-5,7,10-16H2,1-3H3,(H,20,26). The van der Waals surface area contributed by atoms with E-state index < -0.39 is 0 Å². The summed E-state index contributed by atoms with van der Waals surface area (Å²) in [6, 6.07) is 2.24. The third-order valence-corrected chi connectivity index (χ3v) is 5.94. The lowest BCUT2D eigenvalue weighted by Crippen LogP contribution is -2.59. The summed E-state index contributed by atoms with van der Waals surface area (Å²) in [4.78, 5) is 19.7. The van der Waals surface area contributed by atoms with E-state index in [-0.39, 0.29) is 17.6 Å². The summed E-state index contributed by atoms with van der Waals surface area (Å²) in [5.74, 6) is 0. The van der Waals surface area contributed by atoms with Crippen LogP contribution in [-0.2, 0) is 6.54 Å². The van der Waals surface area contributed by atoms with E-state index in [4.69, 9.17) is 0 Å². The number of piperazine rings is 1. The van der Waals surface area contributed by atoms with E-state index in [2.05, 4.69) is 41.0 Å². The molecule has 3 rings (SSSR count). The van der Waals surface area contributed by atoms with Gasteiger partial charge in [-0.2, -0.15) is 5.10 Å². The zero-order valence-electron chi connectivity index (χ0n) is 16.5. The largest absolute Gasteiger partial charge is 0.336 e. The average molecular weight is 363 g/mol. The first-order chi connectivity index (χ1) is 12.5. The second-order valence-electron chi connectivity index (χ2n) is 8.11. The smallest absolute Gasteiger partial charge is 0.317 e. The van der Waals surface area contributed by atoms with Crippen molar-refractivity contribution in [3.8, 4) is 0 Å². The van der Waals surface area contributed by atoms with E-state index in [1.807, 2.05) is 21.8 Å². The van der Waals surface area contributed by atoms with Crippen LogP contribution in [0.3, 0.4) is 0 Å². The van der Waals surface area contributed by atoms with Crippen molar-refractivity contribution in [3.05, 3.63) is 18.5 Å². The van der Waals surface area contributed by atoms with E-state index >= 15 is 0 Å². The molecule has 0 bridgehead atoms. The number of nitrogens with one attached hydrogen (secondary N) is 1. The lowest BCUT2D eigenvalue weighted by atomic mass is 10.0. The van der Waals surface area contributed by atoms with E-state index in [1.54, 1.807) is 6.20 Å². The van der Waals surface area contributed by atoms with Gasteiger partial charge in [-0.05, 0) is 39.3 Å². The number of urea groups is 1. The Morgan fingerprint density at radius 2 is 2.00 bits per heavy atom. The third kappa shape index (κ3) is 4.57. The summed E-state index contributed by atoms with van der Waals surface area (Å²) in [5.41, 5.74) is -0.0211. The number of hydrogen-bond acceptors (Lipinski definition) is 4. The number of carbonyl (C=O) groups is 1. The molecule has 2 aliphatic rings. The van der Waals surface area contributed by atoms with Crippen LogP contribution < -0.4 is 5.32 Å². The molecule has 1 atom stereocenters. The summed E-state index contributed by atoms with van der Waals surface area (Å²) in [6.45, 7) is 14.5. The van der Waals surface area contributed by atoms with Gasteiger partial charge in [0.2, 0.25) is 0 Å². The molecule has 1 N–H and O–H groups in total. The molecule has 2 aliphatic heterocycles. The van der Waals surface area contributed by atoms with Crippen molar-refractivity contribution in [1.82, 2.24) is 29.8 Å². The Labute approximate surface area is 157 Å². The molecule has 0 aromatic carbocycles. The molecule has 0 radical (unpaired) electrons. The normalized spacial score (nSPS) is 22.7. The number of likely N-dealkylation sites (tertiary alicyclic amines) is 1. The van der Waals surface area contributed by atoms with Gasteiger partial charge in [0.25, 0.3) is 0 Å². The molecule has 0 saturated carbocycles. The molecule has 7 nitrogen and oxygen atoms in total. The minimum absolute atomic E-state index is 0.0211. The molecule has 3 heterocycles. The minimum Gasteiger partial charge on any atom is -0.336 e. The monoisotopic (exact) mass is 362 g/mol. The third-order valence-electron chi connectivity index (χ3n) is 5.94. The maximum absolute atomic E-state index is 12.8. The number of likely N-dealkylation sites (N-methyl/N-ethyl adjacent to an activating group) is 1. The highest BCUT2D eigenvalue weighted by Crippen LogP contribution is 2.20. The zero-order valence-corrected chi connectivity index (χ0v) is 16.5. The van der Waals surface area contributed by atoms with Gasteiger partial charge in [-0.25, -0.2) is 4.79 Å². The molecule has 0 spiro atoms. The van der Waals surface area contributed by atoms with Gasteiger partial charge in [0.05, 0.1) is 12.6 Å². The molecule has 1 aromatic heterocycles. The van der Waals surface area contributed by atoms with Gasteiger partial charge < -0.3 is 15.1 Å². The fourth-order valence-electron chi connectivity index (χ4n) is 4.09. The fourth-order valence-corrected chi connectivity index (χ4v) is 4.09. The lowest BCUT2D eigenvalue weighted by molar-refractivity contribution is 0.0544. The number of hydrogen-bond donors (Lipinski definition) is 1. The molecule has 1 aromatic rings. The van der Waals surface area contributed by atoms with E-state index in [0.717, 1.165) is 58.7 Å². The maximum atomic E-state index is 12.8. The Kier molecular flexibility index (Phi) is 6.19. The van der Waals surface area contributed by atoms with Gasteiger partial charge in [0.1, 0.15) is 0 Å². The van der Waals surface area contributed by atoms with E-state index in [1.165, 1.54) is 0 Å². The minimum atomic E-state index is -0.0211. The lowest BCUT2D eigenvalue weighted by Gasteiger charge is -2.44. The summed E-state index contributed by atoms with van der Waals surface area (Å²) in [6.07, 6.45) is 5.88. The number of rotatable bonds is 6. The van der Waals surface area contributed by atoms with Crippen molar-refractivity contribution < 1.29 is 4.79 Å². The molecule has 1 unspecified atom stereocenters. The van der Waals surface area contributed by atoms with Crippen LogP contribution in [0.15, 0.2) is 18.5 Å². The predicted molar refractivity (Wildman–Crippen MR) is 103 cm³/mol. The van der Waals surface area contributed by atoms with Crippen LogP contribution in [0.25, 0.3) is 0 Å². The Balaban J connectivity index is 1.49. The maximum Gasteiger partial charge on any atom is 0.317 e. The summed E-state index contributed by atoms with van der Waals surface area (Å²) in [7, 11) is 0. The predicted octanol–water partition coefficient (Wildman–Crippen LogP) is 1.47. The highest BCUT2D eigenvalue weighted by molar-refractivity contribution is 5.75. The first-order valence-electron chi connectivity index (χ1n) is 9.99. The summed E-state index contributed by atoms with van der Waals surface area (Å²) >= 11 is 0. The molecule has 2 fully saturated rings. The average Bonchev–Trinajstić information content (AvgIpc) is 3.32. The Morgan fingerprint density at radius 3 is 2.65 bits per heavy atom. The van der Waals surface area contributed by atoms with Crippen LogP contribution in [0.5, 0.6) is 0 Å². The molecular formula is C19H34N6O. The second-order valence-corrected chi connectivity index (χ2v) is 8.11. The van der Waals surface area contributed by atoms with Gasteiger partial charge in [0, 0.05) is 57.2 Å². The highest BCUT2D eigenvalue weighted by atomic mass is 16.2. The number of amides is 2. The van der Waals surface area contributed by atoms with E-state index in [0.29, 0.717) is 6.54 Å². The number of aromatic nitrogens is 2. The van der Waals surface area contributed by atoms with Crippen molar-refractivity contribution >= 4 is 6.03 Å². The number of nitrogens with zero attached hydrogens (tertiary/aromatic N) is 5. The van der Waals surface area contributed by atoms with Crippen LogP contribution in [-0.4, -0.2) is 87.9 Å². The summed E-state index contributed by atoms with van der Waals surface area (Å²) in [5, 5.41) is 7.48. The van der Waals surface area contributed by atoms with Crippen LogP contribution in [0.1, 0.15) is 33.6 Å². The highest BCUT2D eigenvalue weighted by Gasteiger charge is 2.33. The molecule has 0 aliphatic carbocycles. The van der Waals surface area contributed by atoms with Crippen molar-refractivity contribution in [3.63, 3.8) is 0 Å². The molecule has 26 heavy (non-hydrogen) atoms. The first kappa shape index (κ1) is 19.2. The quantitative estimate of drug-likeness (QED) is 0.833. The molecule has 146 valence electrons. The van der Waals surface area contributed by atoms with Crippen LogP contribution >= 0.6 is 0 Å². The van der Waals surface area contributed by atoms with Crippen LogP contribution in [0.2, 0.25) is 0 Å². The zero-order chi connectivity index (χ0) is 18.6. The Hall–Kier alpha value is -1.60. The van der Waals surface area contributed by atoms with Crippen molar-refractivity contribution in [2.75, 3.05) is 45.8 Å². The summed E-state index contributed by atoms with van der Waals surface area (Å²) < 4.78 is 1.92. The van der Waals surface area contributed by atoms with Gasteiger partial charge >= 0.3 is 6.03 Å². The van der Waals surface area contributed by atoms with Gasteiger partial charge in [-0.1, -0.05) is 6.92 Å². The topological polar surface area (TPSA) is 56.6 Å². The van der Waals surface area contributed by atoms with Crippen LogP contribution in [0, 0.1) is 0 Å². The number of carbonyl (C=O) groups excluding carboxylic acids is 1. The van der Waals surface area contributed by atoms with Gasteiger partial charge in [-0.15, -0.1) is 0 Å². The second kappa shape index (κ2) is 8.39. The van der Waals surface area contributed by atoms with E-state index in [9.17, 15) is 4.79 Å². The SMILES string of the molecule is CCN1CCN(C(C)(C)CNC(=O)N2CCCC2Cn2cccn2)CC1. The van der Waals surface area contributed by atoms with Crippen molar-refractivity contribution in [2.24, 2.45) is 0 Å². The van der Waals surface area contributed by atoms with Gasteiger partial charge in [-0.3, -0.25) is 9.58 Å². The van der Waals surface area contributed by atoms with Crippen LogP contribution in [0.4, 0.5) is 4.79 Å². The molecular weight excluding hydrogens is 328 g/mol.